The normalized spacial score (nSPS) is 19.4. The number of oxime groups is 1. The monoisotopic (exact) mass is 540 g/mol. The number of pyridine rings is 1. The molecule has 190 valence electrons. The van der Waals surface area contributed by atoms with Gasteiger partial charge in [0.1, 0.15) is 30.0 Å². The second kappa shape index (κ2) is 9.71. The van der Waals surface area contributed by atoms with Gasteiger partial charge in [0.25, 0.3) is 11.8 Å². The van der Waals surface area contributed by atoms with Crippen LogP contribution in [0.25, 0.3) is 10.8 Å². The van der Waals surface area contributed by atoms with Crippen LogP contribution in [0.5, 0.6) is 5.75 Å². The SMILES string of the molecule is CON=C(C(=O)NC1C(=O)N2C(C(=O)[O-])=C(C[n+]3ccc4c(O)cccc4c3)CS[C@H]12)c1csc(N)n1. The number of aromatic hydroxyl groups is 1. The van der Waals surface area contributed by atoms with Gasteiger partial charge >= 0.3 is 0 Å². The third kappa shape index (κ3) is 4.44. The van der Waals surface area contributed by atoms with E-state index in [1.54, 1.807) is 35.2 Å². The van der Waals surface area contributed by atoms with Crippen LogP contribution in [-0.2, 0) is 25.8 Å². The summed E-state index contributed by atoms with van der Waals surface area (Å²) in [6, 6.07) is 5.90. The van der Waals surface area contributed by atoms with Crippen LogP contribution < -0.4 is 20.7 Å². The van der Waals surface area contributed by atoms with Gasteiger partial charge in [-0.05, 0) is 12.1 Å². The molecular formula is C23H20N6O6S2. The fourth-order valence-corrected chi connectivity index (χ4v) is 6.15. The van der Waals surface area contributed by atoms with E-state index in [9.17, 15) is 24.6 Å². The van der Waals surface area contributed by atoms with Crippen molar-refractivity contribution >= 4 is 62.5 Å². The first-order chi connectivity index (χ1) is 17.8. The number of hydrogen-bond acceptors (Lipinski definition) is 11. The van der Waals surface area contributed by atoms with Crippen molar-refractivity contribution < 1.29 is 34.0 Å². The van der Waals surface area contributed by atoms with Crippen molar-refractivity contribution in [2.75, 3.05) is 18.6 Å². The smallest absolute Gasteiger partial charge is 0.276 e. The summed E-state index contributed by atoms with van der Waals surface area (Å²) in [6.07, 6.45) is 3.51. The van der Waals surface area contributed by atoms with Crippen molar-refractivity contribution in [2.45, 2.75) is 18.0 Å². The van der Waals surface area contributed by atoms with Gasteiger partial charge in [0.05, 0.1) is 11.7 Å². The van der Waals surface area contributed by atoms with E-state index in [1.165, 1.54) is 24.3 Å². The zero-order chi connectivity index (χ0) is 26.3. The molecule has 5 rings (SSSR count). The third-order valence-corrected chi connectivity index (χ3v) is 7.93. The number of β-lactam (4-membered cyclic amide) rings is 1. The number of carboxylic acids is 1. The maximum absolute atomic E-state index is 13.0. The first kappa shape index (κ1) is 24.5. The highest BCUT2D eigenvalue weighted by molar-refractivity contribution is 8.00. The van der Waals surface area contributed by atoms with Crippen LogP contribution in [0.3, 0.4) is 0 Å². The van der Waals surface area contributed by atoms with Gasteiger partial charge in [-0.1, -0.05) is 11.2 Å². The number of nitrogens with zero attached hydrogens (tertiary/aromatic N) is 4. The Morgan fingerprint density at radius 2 is 2.22 bits per heavy atom. The molecule has 12 nitrogen and oxygen atoms in total. The number of carbonyl (C=O) groups excluding carboxylic acids is 3. The zero-order valence-electron chi connectivity index (χ0n) is 19.3. The topological polar surface area (TPSA) is 174 Å². The van der Waals surface area contributed by atoms with Crippen molar-refractivity contribution in [1.82, 2.24) is 15.2 Å². The van der Waals surface area contributed by atoms with Crippen LogP contribution in [0.15, 0.2) is 58.5 Å². The highest BCUT2D eigenvalue weighted by atomic mass is 32.2. The summed E-state index contributed by atoms with van der Waals surface area (Å²) in [5.41, 5.74) is 5.96. The number of rotatable bonds is 7. The van der Waals surface area contributed by atoms with Gasteiger partial charge in [-0.25, -0.2) is 9.55 Å². The quantitative estimate of drug-likeness (QED) is 0.152. The summed E-state index contributed by atoms with van der Waals surface area (Å²) in [5, 5.41) is 31.0. The van der Waals surface area contributed by atoms with E-state index in [0.29, 0.717) is 16.7 Å². The molecular weight excluding hydrogens is 520 g/mol. The molecule has 0 bridgehead atoms. The summed E-state index contributed by atoms with van der Waals surface area (Å²) in [7, 11) is 1.27. The standard InChI is InChI=1S/C23H20N6O6S2/c1-35-27-16(14-10-37-23(24)25-14)19(31)26-17-20(32)29-18(22(33)34)12(9-36-21(17)29)8-28-6-5-13-11(7-28)3-2-4-15(13)30/h2-7,10,17,21H,8-9H2,1H3,(H4-,24,25,26,30,31,33,34)/t17?,21-/m1/s1. The number of fused-ring (bicyclic) bond motifs is 2. The number of hydrogen-bond donors (Lipinski definition) is 3. The molecule has 4 N–H and O–H groups in total. The Kier molecular flexibility index (Phi) is 6.43. The van der Waals surface area contributed by atoms with Crippen LogP contribution in [0.4, 0.5) is 5.13 Å². The number of nitrogens with two attached hydrogens (primary N) is 1. The van der Waals surface area contributed by atoms with Gasteiger partial charge in [0.15, 0.2) is 29.8 Å². The Morgan fingerprint density at radius 1 is 1.41 bits per heavy atom. The molecule has 2 atom stereocenters. The largest absolute Gasteiger partial charge is 0.543 e. The number of anilines is 1. The Balaban J connectivity index is 1.36. The van der Waals surface area contributed by atoms with E-state index < -0.39 is 29.2 Å². The molecule has 1 fully saturated rings. The maximum Gasteiger partial charge on any atom is 0.276 e. The first-order valence-corrected chi connectivity index (χ1v) is 12.8. The number of phenols is 1. The predicted molar refractivity (Wildman–Crippen MR) is 133 cm³/mol. The highest BCUT2D eigenvalue weighted by Gasteiger charge is 2.53. The number of carboxylic acid groups (broad SMARTS) is 1. The van der Waals surface area contributed by atoms with E-state index in [1.807, 2.05) is 6.07 Å². The molecule has 14 heteroatoms. The van der Waals surface area contributed by atoms with Crippen molar-refractivity contribution in [2.24, 2.45) is 5.16 Å². The van der Waals surface area contributed by atoms with Gasteiger partial charge in [0, 0.05) is 33.5 Å². The summed E-state index contributed by atoms with van der Waals surface area (Å²) in [4.78, 5) is 47.9. The molecule has 1 aromatic carbocycles. The molecule has 37 heavy (non-hydrogen) atoms. The maximum atomic E-state index is 13.0. The van der Waals surface area contributed by atoms with Gasteiger partial charge in [0.2, 0.25) is 0 Å². The lowest BCUT2D eigenvalue weighted by molar-refractivity contribution is -0.687. The number of aromatic nitrogens is 2. The molecule has 0 aliphatic carbocycles. The second-order valence-corrected chi connectivity index (χ2v) is 10.2. The third-order valence-electron chi connectivity index (χ3n) is 5.92. The fourth-order valence-electron chi connectivity index (χ4n) is 4.27. The summed E-state index contributed by atoms with van der Waals surface area (Å²) in [6.45, 7) is 0.200. The van der Waals surface area contributed by atoms with Gasteiger partial charge < -0.3 is 30.9 Å². The van der Waals surface area contributed by atoms with Gasteiger partial charge in [-0.2, -0.15) is 0 Å². The lowest BCUT2D eigenvalue weighted by Crippen LogP contribution is -2.71. The van der Waals surface area contributed by atoms with Crippen LogP contribution in [0.1, 0.15) is 5.69 Å². The van der Waals surface area contributed by atoms with Crippen LogP contribution in [0.2, 0.25) is 0 Å². The lowest BCUT2D eigenvalue weighted by atomic mass is 10.0. The predicted octanol–water partition coefficient (Wildman–Crippen LogP) is -0.674. The summed E-state index contributed by atoms with van der Waals surface area (Å²) >= 11 is 2.45. The molecule has 0 spiro atoms. The van der Waals surface area contributed by atoms with Crippen LogP contribution in [-0.4, -0.2) is 62.8 Å². The minimum Gasteiger partial charge on any atom is -0.543 e. The summed E-state index contributed by atoms with van der Waals surface area (Å²) < 4.78 is 1.78. The minimum atomic E-state index is -1.47. The number of nitrogens with one attached hydrogen (secondary N) is 1. The van der Waals surface area contributed by atoms with E-state index in [4.69, 9.17) is 10.6 Å². The lowest BCUT2D eigenvalue weighted by Gasteiger charge is -2.50. The fraction of sp³-hybridized carbons (Fsp3) is 0.217. The second-order valence-electron chi connectivity index (χ2n) is 8.19. The number of amides is 2. The molecule has 1 saturated heterocycles. The average molecular weight is 541 g/mol. The molecule has 0 saturated carbocycles. The van der Waals surface area contributed by atoms with Crippen molar-refractivity contribution in [3.05, 3.63) is 59.0 Å². The zero-order valence-corrected chi connectivity index (χ0v) is 20.9. The van der Waals surface area contributed by atoms with E-state index >= 15 is 0 Å². The summed E-state index contributed by atoms with van der Waals surface area (Å²) in [5.74, 6) is -2.31. The Labute approximate surface area is 218 Å². The molecule has 2 aromatic heterocycles. The van der Waals surface area contributed by atoms with Crippen molar-refractivity contribution in [1.29, 1.82) is 0 Å². The number of thiazole rings is 1. The molecule has 2 amide bonds. The van der Waals surface area contributed by atoms with Crippen molar-refractivity contribution in [3.8, 4) is 5.75 Å². The van der Waals surface area contributed by atoms with Crippen molar-refractivity contribution in [3.63, 3.8) is 0 Å². The number of phenolic OH excluding ortho intramolecular Hbond substituents is 1. The van der Waals surface area contributed by atoms with E-state index in [0.717, 1.165) is 21.6 Å². The molecule has 2 aliphatic heterocycles. The van der Waals surface area contributed by atoms with Crippen LogP contribution in [0, 0.1) is 0 Å². The Hall–Kier alpha value is -4.17. The van der Waals surface area contributed by atoms with Gasteiger partial charge in [-0.15, -0.1) is 23.1 Å². The first-order valence-electron chi connectivity index (χ1n) is 10.9. The molecule has 4 heterocycles. The molecule has 0 radical (unpaired) electrons. The Morgan fingerprint density at radius 3 is 2.92 bits per heavy atom. The highest BCUT2D eigenvalue weighted by Crippen LogP contribution is 2.40. The minimum absolute atomic E-state index is 0.145. The van der Waals surface area contributed by atoms with Gasteiger partial charge in [-0.3, -0.25) is 14.5 Å². The number of thioether (sulfide) groups is 1. The van der Waals surface area contributed by atoms with E-state index in [-0.39, 0.29) is 34.5 Å². The van der Waals surface area contributed by atoms with Crippen LogP contribution >= 0.6 is 23.1 Å². The number of nitrogen functional groups attached to an aromatic ring is 1. The average Bonchev–Trinajstić information content (AvgIpc) is 3.31. The number of benzene rings is 1. The molecule has 2 aliphatic rings. The molecule has 1 unspecified atom stereocenters. The van der Waals surface area contributed by atoms with E-state index in [2.05, 4.69) is 15.5 Å². The number of aliphatic carboxylic acids is 1. The number of carbonyl (C=O) groups is 3. The molecule has 3 aromatic rings. The Bertz CT molecular complexity index is 1500.